The van der Waals surface area contributed by atoms with Crippen LogP contribution in [0.4, 0.5) is 0 Å². The highest BCUT2D eigenvalue weighted by Crippen LogP contribution is 2.34. The first kappa shape index (κ1) is 18.1. The van der Waals surface area contributed by atoms with Crippen molar-refractivity contribution in [1.29, 1.82) is 0 Å². The van der Waals surface area contributed by atoms with Crippen LogP contribution in [0.15, 0.2) is 58.9 Å². The second-order valence-corrected chi connectivity index (χ2v) is 9.61. The van der Waals surface area contributed by atoms with E-state index >= 15 is 0 Å². The molecule has 4 aromatic rings. The smallest absolute Gasteiger partial charge is 0.269 e. The Morgan fingerprint density at radius 3 is 2.72 bits per heavy atom. The summed E-state index contributed by atoms with van der Waals surface area (Å²) in [6.45, 7) is 2.05. The summed E-state index contributed by atoms with van der Waals surface area (Å²) in [7, 11) is -3.84. The molecule has 0 bridgehead atoms. The van der Waals surface area contributed by atoms with Crippen LogP contribution in [-0.4, -0.2) is 28.6 Å². The van der Waals surface area contributed by atoms with Crippen LogP contribution in [0.5, 0.6) is 0 Å². The highest BCUT2D eigenvalue weighted by Gasteiger charge is 2.41. The van der Waals surface area contributed by atoms with Crippen LogP contribution in [0.2, 0.25) is 0 Å². The third-order valence-corrected chi connectivity index (χ3v) is 7.82. The van der Waals surface area contributed by atoms with Crippen molar-refractivity contribution in [3.63, 3.8) is 0 Å². The Morgan fingerprint density at radius 2 is 1.93 bits per heavy atom. The summed E-state index contributed by atoms with van der Waals surface area (Å²) in [5, 5.41) is 3.56. The molecule has 0 saturated heterocycles. The number of sulfonamides is 1. The number of aromatic amines is 1. The number of carbonyl (C=O) groups is 1. The number of aromatic nitrogens is 2. The molecule has 1 aliphatic heterocycles. The molecule has 0 unspecified atom stereocenters. The fraction of sp³-hybridized carbons (Fsp3) is 0.143. The van der Waals surface area contributed by atoms with Crippen molar-refractivity contribution in [2.24, 2.45) is 0 Å². The van der Waals surface area contributed by atoms with E-state index in [4.69, 9.17) is 0 Å². The van der Waals surface area contributed by atoms with Gasteiger partial charge in [0.1, 0.15) is 9.90 Å². The molecular formula is C21H17N3O3S2. The van der Waals surface area contributed by atoms with E-state index in [-0.39, 0.29) is 17.0 Å². The molecule has 1 aliphatic rings. The Balaban J connectivity index is 1.49. The minimum Gasteiger partial charge on any atom is -0.360 e. The molecule has 2 aromatic carbocycles. The van der Waals surface area contributed by atoms with Crippen molar-refractivity contribution in [2.75, 3.05) is 0 Å². The van der Waals surface area contributed by atoms with Gasteiger partial charge in [-0.15, -0.1) is 11.3 Å². The number of aryl methyl sites for hydroxylation is 1. The lowest BCUT2D eigenvalue weighted by molar-refractivity contribution is 0.0865. The maximum atomic E-state index is 12.8. The predicted octanol–water partition coefficient (Wildman–Crippen LogP) is 4.20. The third-order valence-electron chi connectivity index (χ3n) is 5.20. The topological polar surface area (TPSA) is 83.1 Å². The lowest BCUT2D eigenvalue weighted by Gasteiger charge is -2.12. The summed E-state index contributed by atoms with van der Waals surface area (Å²) in [4.78, 5) is 20.6. The van der Waals surface area contributed by atoms with Gasteiger partial charge in [0.15, 0.2) is 0 Å². The quantitative estimate of drug-likeness (QED) is 0.533. The summed E-state index contributed by atoms with van der Waals surface area (Å²) in [6.07, 6.45) is 2.85. The first-order chi connectivity index (χ1) is 14.0. The van der Waals surface area contributed by atoms with Crippen LogP contribution in [0.1, 0.15) is 27.9 Å². The Morgan fingerprint density at radius 1 is 1.10 bits per heavy atom. The fourth-order valence-corrected chi connectivity index (χ4v) is 6.13. The lowest BCUT2D eigenvalue weighted by Crippen LogP contribution is -2.29. The minimum atomic E-state index is -3.84. The van der Waals surface area contributed by atoms with Crippen molar-refractivity contribution in [3.05, 3.63) is 70.2 Å². The van der Waals surface area contributed by atoms with Crippen molar-refractivity contribution in [1.82, 2.24) is 14.3 Å². The second-order valence-electron chi connectivity index (χ2n) is 6.84. The van der Waals surface area contributed by atoms with Gasteiger partial charge in [-0.1, -0.05) is 37.3 Å². The zero-order valence-corrected chi connectivity index (χ0v) is 17.2. The number of nitrogens with zero attached hydrogens (tertiary/aromatic N) is 2. The molecule has 6 nitrogen and oxygen atoms in total. The summed E-state index contributed by atoms with van der Waals surface area (Å²) < 4.78 is 26.4. The van der Waals surface area contributed by atoms with Crippen LogP contribution in [-0.2, 0) is 23.0 Å². The van der Waals surface area contributed by atoms with Crippen LogP contribution in [0.25, 0.3) is 22.2 Å². The SMILES string of the molecule is CCc1cccc2c(-c3csc(CN4C(=O)c5ccccc5S4(=O)=O)n3)c[nH]c12. The summed E-state index contributed by atoms with van der Waals surface area (Å²) in [5.41, 5.74) is 4.28. The van der Waals surface area contributed by atoms with Crippen LogP contribution < -0.4 is 0 Å². The Hall–Kier alpha value is -2.97. The number of fused-ring (bicyclic) bond motifs is 2. The molecule has 3 heterocycles. The highest BCUT2D eigenvalue weighted by molar-refractivity contribution is 7.90. The monoisotopic (exact) mass is 423 g/mol. The minimum absolute atomic E-state index is 0.0607. The lowest BCUT2D eigenvalue weighted by atomic mass is 10.1. The maximum absolute atomic E-state index is 12.8. The first-order valence-electron chi connectivity index (χ1n) is 9.20. The van der Waals surface area contributed by atoms with Gasteiger partial charge in [-0.05, 0) is 24.1 Å². The molecule has 29 heavy (non-hydrogen) atoms. The van der Waals surface area contributed by atoms with Gasteiger partial charge in [0, 0.05) is 28.0 Å². The molecule has 1 amide bonds. The van der Waals surface area contributed by atoms with E-state index in [1.807, 2.05) is 23.7 Å². The molecule has 2 aromatic heterocycles. The Labute approximate surface area is 171 Å². The van der Waals surface area contributed by atoms with Gasteiger partial charge >= 0.3 is 0 Å². The van der Waals surface area contributed by atoms with E-state index in [0.29, 0.717) is 5.01 Å². The van der Waals surface area contributed by atoms with Gasteiger partial charge in [-0.25, -0.2) is 17.7 Å². The second kappa shape index (κ2) is 6.53. The molecule has 0 atom stereocenters. The standard InChI is InChI=1S/C21H17N3O3S2/c1-2-13-6-5-8-14-16(10-22-20(13)14)17-12-28-19(23-17)11-24-21(25)15-7-3-4-9-18(15)29(24,26)27/h3-10,12,22H,2,11H2,1H3. The van der Waals surface area contributed by atoms with Crippen molar-refractivity contribution in [3.8, 4) is 11.3 Å². The molecule has 1 N–H and O–H groups in total. The molecular weight excluding hydrogens is 406 g/mol. The molecule has 0 fully saturated rings. The van der Waals surface area contributed by atoms with Crippen molar-refractivity contribution in [2.45, 2.75) is 24.8 Å². The third kappa shape index (κ3) is 2.71. The van der Waals surface area contributed by atoms with E-state index in [2.05, 4.69) is 23.0 Å². The van der Waals surface area contributed by atoms with Crippen LogP contribution >= 0.6 is 11.3 Å². The average molecular weight is 424 g/mol. The zero-order valence-electron chi connectivity index (χ0n) is 15.5. The zero-order chi connectivity index (χ0) is 20.2. The summed E-state index contributed by atoms with van der Waals surface area (Å²) >= 11 is 1.35. The maximum Gasteiger partial charge on any atom is 0.269 e. The van der Waals surface area contributed by atoms with Gasteiger partial charge in [0.05, 0.1) is 17.8 Å². The summed E-state index contributed by atoms with van der Waals surface area (Å²) in [5.74, 6) is -0.503. The fourth-order valence-electron chi connectivity index (χ4n) is 3.74. The molecule has 5 rings (SSSR count). The van der Waals surface area contributed by atoms with Crippen molar-refractivity contribution < 1.29 is 13.2 Å². The van der Waals surface area contributed by atoms with Gasteiger partial charge in [-0.2, -0.15) is 0 Å². The Kier molecular flexibility index (Phi) is 4.07. The number of hydrogen-bond acceptors (Lipinski definition) is 5. The molecule has 8 heteroatoms. The number of thiazole rings is 1. The van der Waals surface area contributed by atoms with E-state index in [0.717, 1.165) is 32.9 Å². The van der Waals surface area contributed by atoms with Gasteiger partial charge in [0.25, 0.3) is 15.9 Å². The summed E-state index contributed by atoms with van der Waals surface area (Å²) in [6, 6.07) is 12.5. The molecule has 146 valence electrons. The van der Waals surface area contributed by atoms with E-state index < -0.39 is 15.9 Å². The normalized spacial score (nSPS) is 15.2. The first-order valence-corrected chi connectivity index (χ1v) is 11.5. The largest absolute Gasteiger partial charge is 0.360 e. The molecule has 0 radical (unpaired) electrons. The number of hydrogen-bond donors (Lipinski definition) is 1. The van der Waals surface area contributed by atoms with Crippen LogP contribution in [0.3, 0.4) is 0 Å². The number of rotatable bonds is 4. The number of carbonyl (C=O) groups excluding carboxylic acids is 1. The van der Waals surface area contributed by atoms with Crippen LogP contribution in [0, 0.1) is 0 Å². The average Bonchev–Trinajstić information content (AvgIpc) is 3.41. The molecule has 0 saturated carbocycles. The predicted molar refractivity (Wildman–Crippen MR) is 112 cm³/mol. The Bertz CT molecular complexity index is 1370. The van der Waals surface area contributed by atoms with Gasteiger partial charge in [-0.3, -0.25) is 4.79 Å². The van der Waals surface area contributed by atoms with E-state index in [1.165, 1.54) is 23.0 Å². The molecule has 0 aliphatic carbocycles. The van der Waals surface area contributed by atoms with Crippen molar-refractivity contribution >= 4 is 38.2 Å². The number of benzene rings is 2. The van der Waals surface area contributed by atoms with E-state index in [9.17, 15) is 13.2 Å². The van der Waals surface area contributed by atoms with Gasteiger partial charge in [0.2, 0.25) is 0 Å². The van der Waals surface area contributed by atoms with Gasteiger partial charge < -0.3 is 4.98 Å². The molecule has 0 spiro atoms. The van der Waals surface area contributed by atoms with E-state index in [1.54, 1.807) is 18.2 Å². The number of amides is 1. The number of para-hydroxylation sites is 1. The number of nitrogens with one attached hydrogen (secondary N) is 1. The highest BCUT2D eigenvalue weighted by atomic mass is 32.2. The number of H-pyrrole nitrogens is 1.